The van der Waals surface area contributed by atoms with Crippen molar-refractivity contribution in [2.24, 2.45) is 0 Å². The second kappa shape index (κ2) is 8.63. The molecule has 1 aliphatic carbocycles. The third-order valence-corrected chi connectivity index (χ3v) is 6.59. The summed E-state index contributed by atoms with van der Waals surface area (Å²) in [4.78, 5) is 14.6. The first-order valence-corrected chi connectivity index (χ1v) is 11.4. The van der Waals surface area contributed by atoms with Crippen LogP contribution in [-0.4, -0.2) is 38.9 Å². The Balaban J connectivity index is 1.76. The molecule has 3 rings (SSSR count). The summed E-state index contributed by atoms with van der Waals surface area (Å²) >= 11 is 3.36. The Morgan fingerprint density at radius 2 is 1.89 bits per heavy atom. The minimum Gasteiger partial charge on any atom is -0.494 e. The number of halogens is 1. The van der Waals surface area contributed by atoms with Crippen LogP contribution < -0.4 is 9.46 Å². The van der Waals surface area contributed by atoms with Crippen LogP contribution in [0, 0.1) is 0 Å². The SMILES string of the molecule is CCOc1ccc(CN(C)C(=O)c2cc(S(=O)(=O)NC3CC3)ccc2Br)cc1. The number of carbonyl (C=O) groups is 1. The molecule has 8 heteroatoms. The average Bonchev–Trinajstić information content (AvgIpc) is 3.46. The first-order valence-electron chi connectivity index (χ1n) is 9.09. The molecule has 2 aromatic rings. The summed E-state index contributed by atoms with van der Waals surface area (Å²) in [6, 6.07) is 12.1. The fourth-order valence-corrected chi connectivity index (χ4v) is 4.48. The summed E-state index contributed by atoms with van der Waals surface area (Å²) < 4.78 is 33.5. The minimum atomic E-state index is -3.62. The Bertz CT molecular complexity index is 957. The number of sulfonamides is 1. The van der Waals surface area contributed by atoms with Crippen molar-refractivity contribution in [1.82, 2.24) is 9.62 Å². The number of benzene rings is 2. The first kappa shape index (κ1) is 20.8. The molecule has 1 amide bonds. The monoisotopic (exact) mass is 466 g/mol. The molecule has 1 fully saturated rings. The van der Waals surface area contributed by atoms with E-state index in [9.17, 15) is 13.2 Å². The lowest BCUT2D eigenvalue weighted by molar-refractivity contribution is 0.0784. The van der Waals surface area contributed by atoms with Crippen LogP contribution >= 0.6 is 15.9 Å². The van der Waals surface area contributed by atoms with E-state index in [1.165, 1.54) is 12.1 Å². The third-order valence-electron chi connectivity index (χ3n) is 4.38. The molecule has 0 spiro atoms. The van der Waals surface area contributed by atoms with Gasteiger partial charge in [0, 0.05) is 24.1 Å². The number of nitrogens with zero attached hydrogens (tertiary/aromatic N) is 1. The van der Waals surface area contributed by atoms with Crippen LogP contribution in [0.1, 0.15) is 35.7 Å². The average molecular weight is 467 g/mol. The molecule has 0 heterocycles. The predicted molar refractivity (Wildman–Crippen MR) is 111 cm³/mol. The second-order valence-electron chi connectivity index (χ2n) is 6.78. The second-order valence-corrected chi connectivity index (χ2v) is 9.34. The molecule has 28 heavy (non-hydrogen) atoms. The van der Waals surface area contributed by atoms with Gasteiger partial charge < -0.3 is 9.64 Å². The molecule has 0 bridgehead atoms. The zero-order valence-corrected chi connectivity index (χ0v) is 18.2. The first-order chi connectivity index (χ1) is 13.3. The highest BCUT2D eigenvalue weighted by Gasteiger charge is 2.29. The lowest BCUT2D eigenvalue weighted by Gasteiger charge is -2.19. The number of amides is 1. The third kappa shape index (κ3) is 5.12. The van der Waals surface area contributed by atoms with Gasteiger partial charge >= 0.3 is 0 Å². The van der Waals surface area contributed by atoms with Crippen molar-refractivity contribution in [3.8, 4) is 5.75 Å². The lowest BCUT2D eigenvalue weighted by atomic mass is 10.1. The molecule has 6 nitrogen and oxygen atoms in total. The van der Waals surface area contributed by atoms with Crippen molar-refractivity contribution in [1.29, 1.82) is 0 Å². The molecular weight excluding hydrogens is 444 g/mol. The molecular formula is C20H23BrN2O4S. The highest BCUT2D eigenvalue weighted by Crippen LogP contribution is 2.26. The van der Waals surface area contributed by atoms with E-state index in [1.54, 1.807) is 18.0 Å². The highest BCUT2D eigenvalue weighted by molar-refractivity contribution is 9.10. The Morgan fingerprint density at radius 1 is 1.21 bits per heavy atom. The number of hydrogen-bond acceptors (Lipinski definition) is 4. The highest BCUT2D eigenvalue weighted by atomic mass is 79.9. The van der Waals surface area contributed by atoms with Gasteiger partial charge in [0.25, 0.3) is 5.91 Å². The van der Waals surface area contributed by atoms with Gasteiger partial charge in [0.1, 0.15) is 5.75 Å². The van der Waals surface area contributed by atoms with Crippen molar-refractivity contribution in [2.45, 2.75) is 37.2 Å². The molecule has 1 aliphatic rings. The van der Waals surface area contributed by atoms with Gasteiger partial charge in [-0.2, -0.15) is 0 Å². The lowest BCUT2D eigenvalue weighted by Crippen LogP contribution is -2.28. The van der Waals surface area contributed by atoms with Crippen LogP contribution in [0.15, 0.2) is 51.8 Å². The maximum Gasteiger partial charge on any atom is 0.255 e. The summed E-state index contributed by atoms with van der Waals surface area (Å²) in [5.74, 6) is 0.522. The maximum absolute atomic E-state index is 12.9. The number of ether oxygens (including phenoxy) is 1. The number of nitrogens with one attached hydrogen (secondary N) is 1. The van der Waals surface area contributed by atoms with Gasteiger partial charge in [-0.1, -0.05) is 12.1 Å². The number of rotatable bonds is 8. The van der Waals surface area contributed by atoms with Crippen LogP contribution in [0.5, 0.6) is 5.75 Å². The summed E-state index contributed by atoms with van der Waals surface area (Å²) in [6.07, 6.45) is 1.71. The van der Waals surface area contributed by atoms with Crippen LogP contribution in [0.4, 0.5) is 0 Å². The van der Waals surface area contributed by atoms with E-state index in [1.807, 2.05) is 31.2 Å². The molecule has 2 aromatic carbocycles. The van der Waals surface area contributed by atoms with E-state index < -0.39 is 10.0 Å². The summed E-state index contributed by atoms with van der Waals surface area (Å²) in [6.45, 7) is 2.92. The normalized spacial score (nSPS) is 14.0. The van der Waals surface area contributed by atoms with Gasteiger partial charge in [-0.05, 0) is 71.6 Å². The van der Waals surface area contributed by atoms with Crippen molar-refractivity contribution in [3.05, 3.63) is 58.1 Å². The van der Waals surface area contributed by atoms with E-state index in [0.717, 1.165) is 24.2 Å². The molecule has 0 aliphatic heterocycles. The van der Waals surface area contributed by atoms with Gasteiger partial charge in [0.05, 0.1) is 17.1 Å². The molecule has 150 valence electrons. The standard InChI is InChI=1S/C20H23BrN2O4S/c1-3-27-16-8-4-14(5-9-16)13-23(2)20(24)18-12-17(10-11-19(18)21)28(25,26)22-15-6-7-15/h4-5,8-12,15,22H,3,6-7,13H2,1-2H3. The van der Waals surface area contributed by atoms with Gasteiger partial charge in [0.15, 0.2) is 0 Å². The number of hydrogen-bond donors (Lipinski definition) is 1. The smallest absolute Gasteiger partial charge is 0.255 e. The molecule has 1 N–H and O–H groups in total. The Hall–Kier alpha value is -1.90. The van der Waals surface area contributed by atoms with Crippen LogP contribution in [0.3, 0.4) is 0 Å². The summed E-state index contributed by atoms with van der Waals surface area (Å²) in [5.41, 5.74) is 1.27. The van der Waals surface area contributed by atoms with Crippen molar-refractivity contribution < 1.29 is 17.9 Å². The largest absolute Gasteiger partial charge is 0.494 e. The Kier molecular flexibility index (Phi) is 6.42. The van der Waals surface area contributed by atoms with E-state index >= 15 is 0 Å². The van der Waals surface area contributed by atoms with Crippen molar-refractivity contribution in [2.75, 3.05) is 13.7 Å². The molecule has 0 radical (unpaired) electrons. The van der Waals surface area contributed by atoms with Crippen LogP contribution in [-0.2, 0) is 16.6 Å². The zero-order chi connectivity index (χ0) is 20.3. The van der Waals surface area contributed by atoms with Gasteiger partial charge in [-0.3, -0.25) is 4.79 Å². The molecule has 0 atom stereocenters. The fraction of sp³-hybridized carbons (Fsp3) is 0.350. The fourth-order valence-electron chi connectivity index (χ4n) is 2.73. The zero-order valence-electron chi connectivity index (χ0n) is 15.8. The van der Waals surface area contributed by atoms with Crippen LogP contribution in [0.25, 0.3) is 0 Å². The maximum atomic E-state index is 12.9. The Labute approximate surface area is 174 Å². The predicted octanol–water partition coefficient (Wildman–Crippen LogP) is 3.56. The minimum absolute atomic E-state index is 0.00938. The Morgan fingerprint density at radius 3 is 2.50 bits per heavy atom. The number of carbonyl (C=O) groups excluding carboxylic acids is 1. The van der Waals surface area contributed by atoms with Crippen LogP contribution in [0.2, 0.25) is 0 Å². The van der Waals surface area contributed by atoms with E-state index in [4.69, 9.17) is 4.74 Å². The topological polar surface area (TPSA) is 75.7 Å². The molecule has 0 saturated heterocycles. The van der Waals surface area contributed by atoms with Crippen molar-refractivity contribution >= 4 is 31.9 Å². The molecule has 0 unspecified atom stereocenters. The summed E-state index contributed by atoms with van der Waals surface area (Å²) in [7, 11) is -1.93. The molecule has 0 aromatic heterocycles. The van der Waals surface area contributed by atoms with Crippen molar-refractivity contribution in [3.63, 3.8) is 0 Å². The van der Waals surface area contributed by atoms with E-state index in [-0.39, 0.29) is 16.8 Å². The van der Waals surface area contributed by atoms with Gasteiger partial charge in [0.2, 0.25) is 10.0 Å². The quantitative estimate of drug-likeness (QED) is 0.644. The summed E-state index contributed by atoms with van der Waals surface area (Å²) in [5, 5.41) is 0. The van der Waals surface area contributed by atoms with E-state index in [2.05, 4.69) is 20.7 Å². The van der Waals surface area contributed by atoms with Gasteiger partial charge in [-0.25, -0.2) is 13.1 Å². The molecule has 1 saturated carbocycles. The van der Waals surface area contributed by atoms with Gasteiger partial charge in [-0.15, -0.1) is 0 Å². The van der Waals surface area contributed by atoms with E-state index in [0.29, 0.717) is 23.2 Å².